The van der Waals surface area contributed by atoms with Gasteiger partial charge in [0.15, 0.2) is 5.60 Å². The maximum absolute atomic E-state index is 12.7. The van der Waals surface area contributed by atoms with Crippen LogP contribution in [0.5, 0.6) is 5.75 Å². The van der Waals surface area contributed by atoms with E-state index in [1.807, 2.05) is 26.0 Å². The fourth-order valence-electron chi connectivity index (χ4n) is 3.56. The van der Waals surface area contributed by atoms with Gasteiger partial charge in [-0.2, -0.15) is 18.3 Å². The van der Waals surface area contributed by atoms with Gasteiger partial charge in [-0.1, -0.05) is 12.1 Å². The number of hydrogen-bond acceptors (Lipinski definition) is 4. The van der Waals surface area contributed by atoms with Crippen LogP contribution in [-0.2, 0) is 23.9 Å². The summed E-state index contributed by atoms with van der Waals surface area (Å²) in [6.45, 7) is 7.00. The fourth-order valence-corrected chi connectivity index (χ4v) is 3.56. The van der Waals surface area contributed by atoms with Gasteiger partial charge in [0.25, 0.3) is 0 Å². The van der Waals surface area contributed by atoms with Crippen molar-refractivity contribution in [2.24, 2.45) is 0 Å². The first-order valence-electron chi connectivity index (χ1n) is 10.6. The maximum atomic E-state index is 12.7. The van der Waals surface area contributed by atoms with Crippen LogP contribution in [0, 0.1) is 13.8 Å². The van der Waals surface area contributed by atoms with Crippen LogP contribution >= 0.6 is 0 Å². The molecule has 0 amide bonds. The Morgan fingerprint density at radius 2 is 1.68 bits per heavy atom. The molecule has 2 aromatic carbocycles. The van der Waals surface area contributed by atoms with E-state index in [0.29, 0.717) is 30.8 Å². The number of aryl methyl sites for hydroxylation is 4. The monoisotopic (exact) mass is 477 g/mol. The van der Waals surface area contributed by atoms with Crippen LogP contribution in [0.3, 0.4) is 0 Å². The summed E-state index contributed by atoms with van der Waals surface area (Å²) < 4.78 is 46.4. The molecule has 0 fully saturated rings. The second-order valence-electron chi connectivity index (χ2n) is 8.63. The number of benzene rings is 2. The minimum atomic E-state index is -4.44. The van der Waals surface area contributed by atoms with Crippen LogP contribution in [0.2, 0.25) is 0 Å². The molecule has 10 heteroatoms. The summed E-state index contributed by atoms with van der Waals surface area (Å²) in [5.41, 5.74) is 0.351. The number of carbonyl (C=O) groups is 1. The molecular formula is C24H26F3N3O4. The van der Waals surface area contributed by atoms with Gasteiger partial charge in [-0.05, 0) is 81.5 Å². The molecule has 0 saturated carbocycles. The van der Waals surface area contributed by atoms with Crippen molar-refractivity contribution in [3.05, 3.63) is 75.5 Å². The van der Waals surface area contributed by atoms with Crippen molar-refractivity contribution in [3.63, 3.8) is 0 Å². The van der Waals surface area contributed by atoms with Crippen LogP contribution in [0.1, 0.15) is 42.5 Å². The molecular weight excluding hydrogens is 451 g/mol. The van der Waals surface area contributed by atoms with E-state index in [2.05, 4.69) is 5.10 Å². The van der Waals surface area contributed by atoms with Gasteiger partial charge in [0.1, 0.15) is 12.1 Å². The summed E-state index contributed by atoms with van der Waals surface area (Å²) in [6, 6.07) is 8.16. The van der Waals surface area contributed by atoms with Crippen LogP contribution in [0.4, 0.5) is 13.2 Å². The van der Waals surface area contributed by atoms with Crippen LogP contribution in [-0.4, -0.2) is 31.0 Å². The average molecular weight is 477 g/mol. The Bertz CT molecular complexity index is 1220. The first-order valence-corrected chi connectivity index (χ1v) is 10.6. The Hall–Kier alpha value is -3.56. The third-order valence-electron chi connectivity index (χ3n) is 5.43. The minimum Gasteiger partial charge on any atom is -0.478 e. The number of aliphatic carboxylic acids is 1. The molecule has 1 aromatic heterocycles. The highest BCUT2D eigenvalue weighted by Crippen LogP contribution is 2.30. The van der Waals surface area contributed by atoms with Crippen molar-refractivity contribution in [3.8, 4) is 11.4 Å². The van der Waals surface area contributed by atoms with E-state index < -0.39 is 29.0 Å². The molecule has 3 rings (SSSR count). The van der Waals surface area contributed by atoms with Crippen molar-refractivity contribution in [2.45, 2.75) is 58.9 Å². The highest BCUT2D eigenvalue weighted by atomic mass is 19.4. The first kappa shape index (κ1) is 25.1. The second-order valence-corrected chi connectivity index (χ2v) is 8.63. The van der Waals surface area contributed by atoms with Gasteiger partial charge in [0.2, 0.25) is 0 Å². The van der Waals surface area contributed by atoms with E-state index in [1.165, 1.54) is 41.6 Å². The Morgan fingerprint density at radius 1 is 1.09 bits per heavy atom. The third kappa shape index (κ3) is 5.49. The number of rotatable bonds is 8. The van der Waals surface area contributed by atoms with Crippen molar-refractivity contribution in [2.75, 3.05) is 0 Å². The molecule has 0 unspecified atom stereocenters. The number of carboxylic acid groups (broad SMARTS) is 1. The molecule has 1 N–H and O–H groups in total. The predicted octanol–water partition coefficient (Wildman–Crippen LogP) is 4.54. The number of ether oxygens (including phenoxy) is 1. The van der Waals surface area contributed by atoms with Gasteiger partial charge in [-0.15, -0.1) is 0 Å². The molecule has 34 heavy (non-hydrogen) atoms. The Morgan fingerprint density at radius 3 is 2.21 bits per heavy atom. The molecule has 0 atom stereocenters. The van der Waals surface area contributed by atoms with E-state index in [1.54, 1.807) is 0 Å². The van der Waals surface area contributed by atoms with E-state index in [-0.39, 0.29) is 0 Å². The molecule has 0 radical (unpaired) electrons. The van der Waals surface area contributed by atoms with Crippen LogP contribution < -0.4 is 10.4 Å². The van der Waals surface area contributed by atoms with E-state index in [4.69, 9.17) is 4.74 Å². The summed E-state index contributed by atoms with van der Waals surface area (Å²) in [4.78, 5) is 24.0. The molecule has 182 valence electrons. The van der Waals surface area contributed by atoms with Crippen molar-refractivity contribution < 1.29 is 27.8 Å². The zero-order chi connectivity index (χ0) is 25.3. The highest BCUT2D eigenvalue weighted by Gasteiger charge is 2.31. The molecule has 0 aliphatic heterocycles. The Labute approximate surface area is 194 Å². The SMILES string of the molecule is Cc1cc(CCCn2ncn(-c3ccc(C(F)(F)F)cc3)c2=O)cc(C)c1OC(C)(C)C(=O)O. The highest BCUT2D eigenvalue weighted by molar-refractivity contribution is 5.77. The third-order valence-corrected chi connectivity index (χ3v) is 5.43. The number of carboxylic acids is 1. The summed E-state index contributed by atoms with van der Waals surface area (Å²) in [6.07, 6.45) is -1.91. The van der Waals surface area contributed by atoms with Gasteiger partial charge in [0, 0.05) is 6.54 Å². The van der Waals surface area contributed by atoms with E-state index >= 15 is 0 Å². The lowest BCUT2D eigenvalue weighted by Gasteiger charge is -2.24. The molecule has 0 aliphatic carbocycles. The molecule has 7 nitrogen and oxygen atoms in total. The zero-order valence-electron chi connectivity index (χ0n) is 19.3. The summed E-state index contributed by atoms with van der Waals surface area (Å²) in [5.74, 6) is -0.529. The minimum absolute atomic E-state index is 0.301. The molecule has 0 spiro atoms. The van der Waals surface area contributed by atoms with Gasteiger partial charge >= 0.3 is 17.8 Å². The number of halogens is 3. The second kappa shape index (κ2) is 9.36. The van der Waals surface area contributed by atoms with E-state index in [9.17, 15) is 27.9 Å². The summed E-state index contributed by atoms with van der Waals surface area (Å²) in [7, 11) is 0. The zero-order valence-corrected chi connectivity index (χ0v) is 19.3. The van der Waals surface area contributed by atoms with Crippen LogP contribution in [0.15, 0.2) is 47.5 Å². The van der Waals surface area contributed by atoms with Gasteiger partial charge in [-0.25, -0.2) is 18.8 Å². The predicted molar refractivity (Wildman–Crippen MR) is 119 cm³/mol. The average Bonchev–Trinajstić information content (AvgIpc) is 3.10. The quantitative estimate of drug-likeness (QED) is 0.515. The lowest BCUT2D eigenvalue weighted by molar-refractivity contribution is -0.152. The fraction of sp³-hybridized carbons (Fsp3) is 0.375. The molecule has 0 saturated heterocycles. The summed E-state index contributed by atoms with van der Waals surface area (Å²) in [5, 5.41) is 13.4. The normalized spacial score (nSPS) is 12.1. The van der Waals surface area contributed by atoms with E-state index in [0.717, 1.165) is 28.8 Å². The lowest BCUT2D eigenvalue weighted by Crippen LogP contribution is -2.38. The number of nitrogens with zero attached hydrogens (tertiary/aromatic N) is 3. The first-order chi connectivity index (χ1) is 15.8. The number of alkyl halides is 3. The van der Waals surface area contributed by atoms with Crippen molar-refractivity contribution in [1.29, 1.82) is 0 Å². The van der Waals surface area contributed by atoms with Gasteiger partial charge < -0.3 is 9.84 Å². The number of hydrogen-bond donors (Lipinski definition) is 1. The Balaban J connectivity index is 1.67. The van der Waals surface area contributed by atoms with Gasteiger partial charge in [-0.3, -0.25) is 0 Å². The standard InChI is InChI=1S/C24H26F3N3O4/c1-15-12-17(13-16(2)20(15)34-23(3,4)21(31)32)6-5-11-30-22(33)29(14-28-30)19-9-7-18(8-10-19)24(25,26)27/h7-10,12-14H,5-6,11H2,1-4H3,(H,31,32). The molecule has 1 heterocycles. The smallest absolute Gasteiger partial charge is 0.416 e. The van der Waals surface area contributed by atoms with Crippen molar-refractivity contribution >= 4 is 5.97 Å². The molecule has 0 aliphatic rings. The largest absolute Gasteiger partial charge is 0.478 e. The lowest BCUT2D eigenvalue weighted by atomic mass is 10.0. The molecule has 3 aromatic rings. The Kier molecular flexibility index (Phi) is 6.90. The topological polar surface area (TPSA) is 86.4 Å². The number of aromatic nitrogens is 3. The van der Waals surface area contributed by atoms with Gasteiger partial charge in [0.05, 0.1) is 11.3 Å². The van der Waals surface area contributed by atoms with Crippen LogP contribution in [0.25, 0.3) is 5.69 Å². The maximum Gasteiger partial charge on any atom is 0.416 e. The molecule has 0 bridgehead atoms. The van der Waals surface area contributed by atoms with Crippen molar-refractivity contribution in [1.82, 2.24) is 14.3 Å². The summed E-state index contributed by atoms with van der Waals surface area (Å²) >= 11 is 0.